The molecule has 0 saturated carbocycles. The maximum absolute atomic E-state index is 9.17. The molecule has 0 atom stereocenters. The third-order valence-electron chi connectivity index (χ3n) is 0.154. The second kappa shape index (κ2) is 22.8. The summed E-state index contributed by atoms with van der Waals surface area (Å²) in [6.45, 7) is -0.330. The fourth-order valence-electron chi connectivity index (χ4n) is 0. The Labute approximate surface area is 81.3 Å². The maximum Gasteiger partial charge on any atom is 2.00 e. The Hall–Kier alpha value is 1.27. The van der Waals surface area contributed by atoms with Crippen molar-refractivity contribution in [3.05, 3.63) is 0 Å². The first-order valence-electron chi connectivity index (χ1n) is 2.11. The first kappa shape index (κ1) is 16.7. The number of hydrogen-bond donors (Lipinski definition) is 0. The summed E-state index contributed by atoms with van der Waals surface area (Å²) in [6.07, 6.45) is 0. The molecule has 0 rings (SSSR count). The Kier molecular flexibility index (Phi) is 42.4. The van der Waals surface area contributed by atoms with Crippen LogP contribution in [0.2, 0.25) is 0 Å². The molecule has 0 amide bonds. The van der Waals surface area contributed by atoms with Crippen molar-refractivity contribution in [2.24, 2.45) is 0 Å². The number of hydrogen-bond acceptors (Lipinski definition) is 2. The Morgan fingerprint density at radius 1 is 0.889 bits per heavy atom. The van der Waals surface area contributed by atoms with Gasteiger partial charge in [-0.15, -0.1) is 36.4 Å². The Balaban J connectivity index is -0.0000000720. The monoisotopic (exact) mass is 182 g/mol. The fourth-order valence-corrected chi connectivity index (χ4v) is 0. The van der Waals surface area contributed by atoms with Crippen LogP contribution in [-0.4, -0.2) is 48.0 Å². The molecule has 0 aliphatic carbocycles. The van der Waals surface area contributed by atoms with Crippen molar-refractivity contribution in [3.8, 4) is 0 Å². The molecule has 0 N–H and O–H groups in total. The van der Waals surface area contributed by atoms with Crippen LogP contribution >= 0.6 is 23.2 Å². The summed E-state index contributed by atoms with van der Waals surface area (Å²) in [6, 6.07) is 0. The molecule has 2 nitrogen and oxygen atoms in total. The standard InChI is InChI=1S/2C2H4ClO.Mg/c2*3-1-2-4;/h2*1-2H2;/q2*-1;+2. The maximum atomic E-state index is 9.17. The van der Waals surface area contributed by atoms with Gasteiger partial charge in [0.05, 0.1) is 0 Å². The van der Waals surface area contributed by atoms with Crippen LogP contribution in [0.5, 0.6) is 0 Å². The van der Waals surface area contributed by atoms with E-state index in [1.54, 1.807) is 0 Å². The van der Waals surface area contributed by atoms with Crippen molar-refractivity contribution >= 4 is 46.3 Å². The molecule has 0 aliphatic heterocycles. The van der Waals surface area contributed by atoms with E-state index in [9.17, 15) is 0 Å². The van der Waals surface area contributed by atoms with E-state index < -0.39 is 0 Å². The van der Waals surface area contributed by atoms with Gasteiger partial charge in [-0.1, -0.05) is 0 Å². The van der Waals surface area contributed by atoms with Crippen molar-refractivity contribution in [3.63, 3.8) is 0 Å². The molecule has 0 aliphatic rings. The molecule has 0 aromatic heterocycles. The molecule has 0 unspecified atom stereocenters. The van der Waals surface area contributed by atoms with Gasteiger partial charge in [0, 0.05) is 11.8 Å². The Morgan fingerprint density at radius 2 is 1.00 bits per heavy atom. The van der Waals surface area contributed by atoms with Gasteiger partial charge in [-0.3, -0.25) is 0 Å². The predicted octanol–water partition coefficient (Wildman–Crippen LogP) is -1.21. The van der Waals surface area contributed by atoms with Crippen molar-refractivity contribution in [1.82, 2.24) is 0 Å². The van der Waals surface area contributed by atoms with Crippen molar-refractivity contribution in [2.75, 3.05) is 25.0 Å². The van der Waals surface area contributed by atoms with Crippen LogP contribution in [0.1, 0.15) is 0 Å². The molecule has 0 saturated heterocycles. The van der Waals surface area contributed by atoms with Crippen LogP contribution in [-0.2, 0) is 0 Å². The van der Waals surface area contributed by atoms with Gasteiger partial charge in [0.25, 0.3) is 0 Å². The van der Waals surface area contributed by atoms with E-state index in [2.05, 4.69) is 0 Å². The molecule has 0 spiro atoms. The molecule has 0 heterocycles. The summed E-state index contributed by atoms with van der Waals surface area (Å²) >= 11 is 9.75. The molecule has 9 heavy (non-hydrogen) atoms. The molecule has 0 radical (unpaired) electrons. The number of rotatable bonds is 2. The van der Waals surface area contributed by atoms with Crippen molar-refractivity contribution < 1.29 is 10.2 Å². The van der Waals surface area contributed by atoms with Gasteiger partial charge < -0.3 is 10.2 Å². The minimum Gasteiger partial charge on any atom is -0.854 e. The topological polar surface area (TPSA) is 46.1 Å². The molecule has 52 valence electrons. The van der Waals surface area contributed by atoms with E-state index in [-0.39, 0.29) is 48.0 Å². The molecule has 0 aromatic rings. The van der Waals surface area contributed by atoms with Crippen LogP contribution in [0.25, 0.3) is 0 Å². The summed E-state index contributed by atoms with van der Waals surface area (Å²) in [5.74, 6) is 0.472. The normalized spacial score (nSPS) is 6.67. The SMILES string of the molecule is [Mg+2].[O-]CCCl.[O-]CCCl. The van der Waals surface area contributed by atoms with Gasteiger partial charge >= 0.3 is 23.1 Å². The molecule has 0 bridgehead atoms. The zero-order chi connectivity index (χ0) is 6.83. The third kappa shape index (κ3) is 45.9. The molecular formula is C4H8Cl2MgO2. The summed E-state index contributed by atoms with van der Waals surface area (Å²) < 4.78 is 0. The van der Waals surface area contributed by atoms with Gasteiger partial charge in [0.15, 0.2) is 0 Å². The number of alkyl halides is 2. The van der Waals surface area contributed by atoms with Gasteiger partial charge in [-0.25, -0.2) is 0 Å². The van der Waals surface area contributed by atoms with Crippen LogP contribution in [0.15, 0.2) is 0 Å². The molecular weight excluding hydrogens is 175 g/mol. The first-order chi connectivity index (χ1) is 3.83. The van der Waals surface area contributed by atoms with Crippen molar-refractivity contribution in [2.45, 2.75) is 0 Å². The second-order valence-corrected chi connectivity index (χ2v) is 1.54. The minimum atomic E-state index is -0.165. The minimum absolute atomic E-state index is 0. The average Bonchev–Trinajstić information content (AvgIpc) is 1.88. The van der Waals surface area contributed by atoms with E-state index in [4.69, 9.17) is 33.4 Å². The largest absolute Gasteiger partial charge is 2.00 e. The van der Waals surface area contributed by atoms with Gasteiger partial charge in [0.1, 0.15) is 0 Å². The fraction of sp³-hybridized carbons (Fsp3) is 1.00. The summed E-state index contributed by atoms with van der Waals surface area (Å²) in [4.78, 5) is 0. The molecule has 0 fully saturated rings. The van der Waals surface area contributed by atoms with E-state index in [1.807, 2.05) is 0 Å². The quantitative estimate of drug-likeness (QED) is 0.398. The van der Waals surface area contributed by atoms with Gasteiger partial charge in [-0.2, -0.15) is 0 Å². The van der Waals surface area contributed by atoms with Gasteiger partial charge in [-0.05, 0) is 0 Å². The average molecular weight is 183 g/mol. The molecule has 0 aromatic carbocycles. The summed E-state index contributed by atoms with van der Waals surface area (Å²) in [5, 5.41) is 18.3. The Morgan fingerprint density at radius 3 is 1.00 bits per heavy atom. The van der Waals surface area contributed by atoms with Crippen LogP contribution in [0.3, 0.4) is 0 Å². The van der Waals surface area contributed by atoms with Crippen LogP contribution < -0.4 is 10.2 Å². The van der Waals surface area contributed by atoms with E-state index >= 15 is 0 Å². The van der Waals surface area contributed by atoms with Gasteiger partial charge in [0.2, 0.25) is 0 Å². The van der Waals surface area contributed by atoms with Crippen LogP contribution in [0.4, 0.5) is 0 Å². The summed E-state index contributed by atoms with van der Waals surface area (Å²) in [7, 11) is 0. The summed E-state index contributed by atoms with van der Waals surface area (Å²) in [5.41, 5.74) is 0. The van der Waals surface area contributed by atoms with E-state index in [0.717, 1.165) is 0 Å². The first-order valence-corrected chi connectivity index (χ1v) is 3.18. The van der Waals surface area contributed by atoms with E-state index in [0.29, 0.717) is 0 Å². The Bertz CT molecular complexity index is 24.5. The second-order valence-electron chi connectivity index (χ2n) is 0.786. The van der Waals surface area contributed by atoms with E-state index in [1.165, 1.54) is 0 Å². The number of halogens is 2. The van der Waals surface area contributed by atoms with Crippen molar-refractivity contribution in [1.29, 1.82) is 0 Å². The zero-order valence-corrected chi connectivity index (χ0v) is 8.03. The predicted molar refractivity (Wildman–Crippen MR) is 36.9 cm³/mol. The molecule has 5 heteroatoms. The smallest absolute Gasteiger partial charge is 0.854 e. The third-order valence-corrected chi connectivity index (χ3v) is 0.463. The zero-order valence-electron chi connectivity index (χ0n) is 5.11. The van der Waals surface area contributed by atoms with Crippen LogP contribution in [0, 0.1) is 0 Å².